The highest BCUT2D eigenvalue weighted by molar-refractivity contribution is 7.22. The van der Waals surface area contributed by atoms with Gasteiger partial charge >= 0.3 is 5.91 Å². The summed E-state index contributed by atoms with van der Waals surface area (Å²) < 4.78 is 0.936. The van der Waals surface area contributed by atoms with Crippen LogP contribution in [0.15, 0.2) is 72.3 Å². The van der Waals surface area contributed by atoms with Crippen molar-refractivity contribution in [3.8, 4) is 0 Å². The van der Waals surface area contributed by atoms with Crippen LogP contribution in [0, 0.1) is 6.92 Å². The molecule has 0 aliphatic carbocycles. The Bertz CT molecular complexity index is 1520. The fraction of sp³-hybridized carbons (Fsp3) is 0.179. The third kappa shape index (κ3) is 4.13. The van der Waals surface area contributed by atoms with Gasteiger partial charge < -0.3 is 5.11 Å². The number of hydrogen-bond donors (Lipinski definition) is 1. The average molecular weight is 503 g/mol. The fourth-order valence-corrected chi connectivity index (χ4v) is 5.60. The Balaban J connectivity index is 1.72. The first-order chi connectivity index (χ1) is 16.7. The van der Waals surface area contributed by atoms with E-state index in [1.165, 1.54) is 21.8 Å². The number of nitrogens with zero attached hydrogens (tertiary/aromatic N) is 2. The van der Waals surface area contributed by atoms with Crippen LogP contribution in [0.4, 0.5) is 5.13 Å². The molecule has 2 heterocycles. The Hall–Kier alpha value is -3.48. The summed E-state index contributed by atoms with van der Waals surface area (Å²) >= 11 is 7.50. The van der Waals surface area contributed by atoms with Gasteiger partial charge in [0.2, 0.25) is 0 Å². The third-order valence-electron chi connectivity index (χ3n) is 6.17. The van der Waals surface area contributed by atoms with Gasteiger partial charge in [0.05, 0.1) is 21.8 Å². The molecule has 0 spiro atoms. The zero-order valence-corrected chi connectivity index (χ0v) is 21.0. The van der Waals surface area contributed by atoms with Crippen LogP contribution in [0.2, 0.25) is 5.02 Å². The van der Waals surface area contributed by atoms with Crippen molar-refractivity contribution in [1.29, 1.82) is 0 Å². The molecule has 1 aromatic heterocycles. The number of Topliss-reactive ketones (excluding diaryl/α,β-unsaturated/α-hetero) is 1. The summed E-state index contributed by atoms with van der Waals surface area (Å²) in [5, 5.41) is 12.1. The number of thiazole rings is 1. The number of aromatic nitrogens is 1. The average Bonchev–Trinajstić information content (AvgIpc) is 3.36. The zero-order valence-electron chi connectivity index (χ0n) is 19.4. The van der Waals surface area contributed by atoms with E-state index in [9.17, 15) is 14.7 Å². The number of anilines is 1. The smallest absolute Gasteiger partial charge is 0.301 e. The molecule has 1 saturated heterocycles. The molecule has 1 atom stereocenters. The minimum absolute atomic E-state index is 0.0185. The van der Waals surface area contributed by atoms with Gasteiger partial charge in [-0.1, -0.05) is 84.8 Å². The van der Waals surface area contributed by atoms with Crippen LogP contribution < -0.4 is 4.90 Å². The molecule has 0 bridgehead atoms. The summed E-state index contributed by atoms with van der Waals surface area (Å²) in [6.45, 7) is 6.18. The highest BCUT2D eigenvalue weighted by atomic mass is 35.5. The number of aryl methyl sites for hydroxylation is 1. The van der Waals surface area contributed by atoms with E-state index in [0.717, 1.165) is 21.3 Å². The van der Waals surface area contributed by atoms with E-state index >= 15 is 0 Å². The number of aliphatic hydroxyl groups is 1. The molecular weight excluding hydrogens is 480 g/mol. The van der Waals surface area contributed by atoms with Crippen molar-refractivity contribution >= 4 is 55.7 Å². The number of amides is 1. The number of benzene rings is 3. The topological polar surface area (TPSA) is 70.5 Å². The van der Waals surface area contributed by atoms with Crippen LogP contribution in [-0.4, -0.2) is 21.8 Å². The van der Waals surface area contributed by atoms with Gasteiger partial charge in [-0.15, -0.1) is 0 Å². The van der Waals surface area contributed by atoms with Crippen LogP contribution in [0.3, 0.4) is 0 Å². The van der Waals surface area contributed by atoms with E-state index < -0.39 is 17.7 Å². The molecule has 7 heteroatoms. The third-order valence-corrected chi connectivity index (χ3v) is 7.43. The van der Waals surface area contributed by atoms with Crippen molar-refractivity contribution in [1.82, 2.24) is 4.98 Å². The first kappa shape index (κ1) is 23.3. The fourth-order valence-electron chi connectivity index (χ4n) is 4.37. The maximum Gasteiger partial charge on any atom is 0.301 e. The Morgan fingerprint density at radius 3 is 2.54 bits per heavy atom. The molecule has 5 rings (SSSR count). The summed E-state index contributed by atoms with van der Waals surface area (Å²) in [5.74, 6) is -1.38. The van der Waals surface area contributed by atoms with Gasteiger partial charge in [0, 0.05) is 10.6 Å². The largest absolute Gasteiger partial charge is 0.507 e. The molecule has 3 aromatic carbocycles. The van der Waals surface area contributed by atoms with Crippen LogP contribution in [-0.2, 0) is 9.59 Å². The number of carbonyl (C=O) groups is 2. The molecule has 4 aromatic rings. The highest BCUT2D eigenvalue weighted by Crippen LogP contribution is 2.44. The molecule has 5 nitrogen and oxygen atoms in total. The van der Waals surface area contributed by atoms with Crippen molar-refractivity contribution < 1.29 is 14.7 Å². The predicted octanol–water partition coefficient (Wildman–Crippen LogP) is 7.01. The Labute approximate surface area is 212 Å². The molecule has 1 aliphatic rings. The number of aliphatic hydroxyl groups excluding tert-OH is 1. The molecule has 176 valence electrons. The van der Waals surface area contributed by atoms with Crippen molar-refractivity contribution in [2.24, 2.45) is 0 Å². The van der Waals surface area contributed by atoms with E-state index in [-0.39, 0.29) is 11.3 Å². The predicted molar refractivity (Wildman–Crippen MR) is 141 cm³/mol. The normalized spacial score (nSPS) is 17.6. The van der Waals surface area contributed by atoms with E-state index in [1.807, 2.05) is 43.3 Å². The van der Waals surface area contributed by atoms with Gasteiger partial charge in [-0.05, 0) is 48.2 Å². The van der Waals surface area contributed by atoms with Crippen molar-refractivity contribution in [2.45, 2.75) is 32.7 Å². The molecule has 1 N–H and O–H groups in total. The molecule has 0 radical (unpaired) electrons. The van der Waals surface area contributed by atoms with Gasteiger partial charge in [0.1, 0.15) is 5.76 Å². The van der Waals surface area contributed by atoms with Gasteiger partial charge in [0.25, 0.3) is 5.78 Å². The molecule has 1 fully saturated rings. The first-order valence-electron chi connectivity index (χ1n) is 11.3. The number of halogens is 1. The Kier molecular flexibility index (Phi) is 5.95. The number of ketones is 1. The summed E-state index contributed by atoms with van der Waals surface area (Å²) in [6.07, 6.45) is 0. The van der Waals surface area contributed by atoms with Crippen LogP contribution in [0.25, 0.3) is 16.0 Å². The lowest BCUT2D eigenvalue weighted by Gasteiger charge is -2.23. The number of hydrogen-bond acceptors (Lipinski definition) is 5. The highest BCUT2D eigenvalue weighted by Gasteiger charge is 2.48. The van der Waals surface area contributed by atoms with E-state index in [0.29, 0.717) is 21.6 Å². The van der Waals surface area contributed by atoms with E-state index in [2.05, 4.69) is 19.9 Å². The van der Waals surface area contributed by atoms with Crippen LogP contribution in [0.5, 0.6) is 0 Å². The summed E-state index contributed by atoms with van der Waals surface area (Å²) in [4.78, 5) is 32.9. The molecule has 1 aliphatic heterocycles. The molecule has 35 heavy (non-hydrogen) atoms. The SMILES string of the molecule is Cc1cccc(C2/C(=C(\O)c3cccc(Cl)c3)C(=O)C(=O)N2c2nc3ccc(C(C)C)cc3s2)c1. The lowest BCUT2D eigenvalue weighted by molar-refractivity contribution is -0.132. The monoisotopic (exact) mass is 502 g/mol. The van der Waals surface area contributed by atoms with Crippen LogP contribution in [0.1, 0.15) is 48.1 Å². The van der Waals surface area contributed by atoms with Gasteiger partial charge in [-0.2, -0.15) is 0 Å². The van der Waals surface area contributed by atoms with Gasteiger partial charge in [-0.25, -0.2) is 4.98 Å². The quantitative estimate of drug-likeness (QED) is 0.185. The lowest BCUT2D eigenvalue weighted by Crippen LogP contribution is -2.29. The molecule has 1 unspecified atom stereocenters. The first-order valence-corrected chi connectivity index (χ1v) is 12.5. The minimum Gasteiger partial charge on any atom is -0.507 e. The van der Waals surface area contributed by atoms with Crippen molar-refractivity contribution in [2.75, 3.05) is 4.90 Å². The number of fused-ring (bicyclic) bond motifs is 1. The standard InChI is InChI=1S/C28H23ClN2O3S/c1-15(2)17-10-11-21-22(14-17)35-28(30-21)31-24(18-7-4-6-16(3)12-18)23(26(33)27(31)34)25(32)19-8-5-9-20(29)13-19/h4-15,24,32H,1-3H3/b25-23+. The number of rotatable bonds is 4. The maximum absolute atomic E-state index is 13.4. The molecular formula is C28H23ClN2O3S. The van der Waals surface area contributed by atoms with E-state index in [4.69, 9.17) is 16.6 Å². The second-order valence-corrected chi connectivity index (χ2v) is 10.4. The summed E-state index contributed by atoms with van der Waals surface area (Å²) in [6, 6.07) is 19.4. The second kappa shape index (κ2) is 8.95. The second-order valence-electron chi connectivity index (χ2n) is 8.97. The Morgan fingerprint density at radius 2 is 1.83 bits per heavy atom. The molecule has 0 saturated carbocycles. The van der Waals surface area contributed by atoms with Gasteiger partial charge in [0.15, 0.2) is 5.13 Å². The maximum atomic E-state index is 13.4. The Morgan fingerprint density at radius 1 is 1.06 bits per heavy atom. The minimum atomic E-state index is -0.820. The van der Waals surface area contributed by atoms with Crippen molar-refractivity contribution in [3.05, 3.63) is 99.6 Å². The van der Waals surface area contributed by atoms with Gasteiger partial charge in [-0.3, -0.25) is 14.5 Å². The summed E-state index contributed by atoms with van der Waals surface area (Å²) in [7, 11) is 0. The number of carbonyl (C=O) groups excluding carboxylic acids is 2. The van der Waals surface area contributed by atoms with Crippen LogP contribution >= 0.6 is 22.9 Å². The molecule has 1 amide bonds. The zero-order chi connectivity index (χ0) is 24.9. The lowest BCUT2D eigenvalue weighted by atomic mass is 9.94. The van der Waals surface area contributed by atoms with E-state index in [1.54, 1.807) is 24.3 Å². The van der Waals surface area contributed by atoms with Crippen molar-refractivity contribution in [3.63, 3.8) is 0 Å². The summed E-state index contributed by atoms with van der Waals surface area (Å²) in [5.41, 5.74) is 4.01.